The van der Waals surface area contributed by atoms with Crippen LogP contribution in [0.3, 0.4) is 0 Å². The van der Waals surface area contributed by atoms with Crippen LogP contribution >= 0.6 is 0 Å². The molecule has 2 aromatic heterocycles. The van der Waals surface area contributed by atoms with E-state index in [1.54, 1.807) is 29.8 Å². The predicted octanol–water partition coefficient (Wildman–Crippen LogP) is 2.55. The Morgan fingerprint density at radius 2 is 1.96 bits per heavy atom. The van der Waals surface area contributed by atoms with Crippen molar-refractivity contribution in [2.75, 3.05) is 11.9 Å². The van der Waals surface area contributed by atoms with E-state index < -0.39 is 0 Å². The lowest BCUT2D eigenvalue weighted by Gasteiger charge is -2.16. The van der Waals surface area contributed by atoms with E-state index in [2.05, 4.69) is 4.98 Å². The molecule has 25 heavy (non-hydrogen) atoms. The van der Waals surface area contributed by atoms with E-state index in [0.29, 0.717) is 24.3 Å². The van der Waals surface area contributed by atoms with Gasteiger partial charge in [0.05, 0.1) is 23.9 Å². The second-order valence-electron chi connectivity index (χ2n) is 6.15. The number of aromatic nitrogens is 3. The van der Waals surface area contributed by atoms with E-state index in [-0.39, 0.29) is 11.6 Å². The molecule has 0 unspecified atom stereocenters. The van der Waals surface area contributed by atoms with Crippen LogP contribution in [0.15, 0.2) is 47.4 Å². The summed E-state index contributed by atoms with van der Waals surface area (Å²) in [6.45, 7) is 2.44. The largest absolute Gasteiger partial charge is 0.330 e. The molecular weight excluding hydrogens is 316 g/mol. The lowest BCUT2D eigenvalue weighted by molar-refractivity contribution is -0.118. The van der Waals surface area contributed by atoms with Crippen LogP contribution in [-0.2, 0) is 18.4 Å². The van der Waals surface area contributed by atoms with E-state index in [4.69, 9.17) is 0 Å². The molecule has 0 fully saturated rings. The van der Waals surface area contributed by atoms with Gasteiger partial charge in [-0.15, -0.1) is 0 Å². The number of benzene rings is 1. The smallest absolute Gasteiger partial charge is 0.314 e. The Hall–Kier alpha value is -2.89. The highest BCUT2D eigenvalue weighted by Gasteiger charge is 2.16. The number of nitrogens with zero attached hydrogens (tertiary/aromatic N) is 4. The van der Waals surface area contributed by atoms with Gasteiger partial charge in [0.2, 0.25) is 5.91 Å². The normalized spacial score (nSPS) is 11.0. The monoisotopic (exact) mass is 338 g/mol. The van der Waals surface area contributed by atoms with E-state index in [1.165, 1.54) is 4.57 Å². The molecule has 0 aliphatic heterocycles. The van der Waals surface area contributed by atoms with Gasteiger partial charge < -0.3 is 4.90 Å². The summed E-state index contributed by atoms with van der Waals surface area (Å²) in [6.07, 6.45) is 2.92. The van der Waals surface area contributed by atoms with Crippen molar-refractivity contribution in [1.82, 2.24) is 14.1 Å². The molecule has 0 spiro atoms. The van der Waals surface area contributed by atoms with Crippen LogP contribution in [-0.4, -0.2) is 27.1 Å². The van der Waals surface area contributed by atoms with Crippen molar-refractivity contribution < 1.29 is 4.79 Å². The number of anilines is 1. The average molecular weight is 338 g/mol. The Balaban J connectivity index is 2.07. The first kappa shape index (κ1) is 17.0. The second-order valence-corrected chi connectivity index (χ2v) is 6.15. The fraction of sp³-hybridized carbons (Fsp3) is 0.316. The van der Waals surface area contributed by atoms with Crippen LogP contribution < -0.4 is 10.6 Å². The summed E-state index contributed by atoms with van der Waals surface area (Å²) in [7, 11) is 3.45. The van der Waals surface area contributed by atoms with Gasteiger partial charge >= 0.3 is 5.69 Å². The molecule has 0 N–H and O–H groups in total. The summed E-state index contributed by atoms with van der Waals surface area (Å²) >= 11 is 0. The summed E-state index contributed by atoms with van der Waals surface area (Å²) in [4.78, 5) is 30.8. The minimum Gasteiger partial charge on any atom is -0.314 e. The molecule has 0 aliphatic rings. The second kappa shape index (κ2) is 6.93. The molecule has 0 atom stereocenters. The standard InChI is InChI=1S/C19H22N4O2/c1-4-8-17(24)21(2)15-11-16-18(20-12-15)22(3)19(25)23(16)13-14-9-6-5-7-10-14/h5-7,9-12H,4,8,13H2,1-3H3. The number of pyridine rings is 1. The molecule has 0 bridgehead atoms. The van der Waals surface area contributed by atoms with Crippen molar-refractivity contribution in [2.45, 2.75) is 26.3 Å². The number of imidazole rings is 1. The Kier molecular flexibility index (Phi) is 4.70. The first-order chi connectivity index (χ1) is 12.0. The molecule has 2 heterocycles. The van der Waals surface area contributed by atoms with Gasteiger partial charge in [0.1, 0.15) is 0 Å². The van der Waals surface area contributed by atoms with Gasteiger partial charge in [-0.1, -0.05) is 37.3 Å². The molecule has 6 nitrogen and oxygen atoms in total. The fourth-order valence-corrected chi connectivity index (χ4v) is 2.89. The fourth-order valence-electron chi connectivity index (χ4n) is 2.89. The highest BCUT2D eigenvalue weighted by molar-refractivity contribution is 5.94. The lowest BCUT2D eigenvalue weighted by atomic mass is 10.2. The minimum atomic E-state index is -0.119. The van der Waals surface area contributed by atoms with Gasteiger partial charge in [0.25, 0.3) is 0 Å². The molecule has 130 valence electrons. The highest BCUT2D eigenvalue weighted by atomic mass is 16.2. The molecule has 1 aromatic carbocycles. The number of carbonyl (C=O) groups is 1. The summed E-state index contributed by atoms with van der Waals surface area (Å²) in [5.74, 6) is 0.0385. The SMILES string of the molecule is CCCC(=O)N(C)c1cnc2c(c1)n(Cc1ccccc1)c(=O)n2C. The summed E-state index contributed by atoms with van der Waals surface area (Å²) in [6, 6.07) is 11.7. The Morgan fingerprint density at radius 1 is 1.24 bits per heavy atom. The topological polar surface area (TPSA) is 60.1 Å². The zero-order valence-corrected chi connectivity index (χ0v) is 14.8. The van der Waals surface area contributed by atoms with Crippen LogP contribution in [0.1, 0.15) is 25.3 Å². The van der Waals surface area contributed by atoms with E-state index in [0.717, 1.165) is 17.5 Å². The van der Waals surface area contributed by atoms with Gasteiger partial charge in [-0.25, -0.2) is 9.78 Å². The Labute approximate surface area is 146 Å². The number of carbonyl (C=O) groups excluding carboxylic acids is 1. The first-order valence-electron chi connectivity index (χ1n) is 8.38. The van der Waals surface area contributed by atoms with Gasteiger partial charge in [-0.05, 0) is 18.1 Å². The van der Waals surface area contributed by atoms with Crippen molar-refractivity contribution >= 4 is 22.8 Å². The molecule has 1 amide bonds. The summed E-state index contributed by atoms with van der Waals surface area (Å²) < 4.78 is 3.23. The number of rotatable bonds is 5. The molecule has 3 aromatic rings. The highest BCUT2D eigenvalue weighted by Crippen LogP contribution is 2.20. The summed E-state index contributed by atoms with van der Waals surface area (Å²) in [5, 5.41) is 0. The Bertz CT molecular complexity index is 957. The van der Waals surface area contributed by atoms with Crippen LogP contribution in [0.4, 0.5) is 5.69 Å². The lowest BCUT2D eigenvalue weighted by Crippen LogP contribution is -2.25. The third-order valence-electron chi connectivity index (χ3n) is 4.37. The number of hydrogen-bond acceptors (Lipinski definition) is 3. The van der Waals surface area contributed by atoms with Crippen molar-refractivity contribution in [3.05, 3.63) is 58.6 Å². The van der Waals surface area contributed by atoms with Crippen molar-refractivity contribution in [2.24, 2.45) is 7.05 Å². The van der Waals surface area contributed by atoms with Crippen molar-refractivity contribution in [1.29, 1.82) is 0 Å². The third-order valence-corrected chi connectivity index (χ3v) is 4.37. The molecule has 0 saturated carbocycles. The van der Waals surface area contributed by atoms with Crippen molar-refractivity contribution in [3.63, 3.8) is 0 Å². The van der Waals surface area contributed by atoms with E-state index in [9.17, 15) is 9.59 Å². The molecule has 0 radical (unpaired) electrons. The van der Waals surface area contributed by atoms with Gasteiger partial charge in [0.15, 0.2) is 5.65 Å². The Morgan fingerprint density at radius 3 is 2.64 bits per heavy atom. The number of fused-ring (bicyclic) bond motifs is 1. The number of aryl methyl sites for hydroxylation is 1. The zero-order chi connectivity index (χ0) is 18.0. The van der Waals surface area contributed by atoms with Crippen molar-refractivity contribution in [3.8, 4) is 0 Å². The van der Waals surface area contributed by atoms with Gasteiger partial charge in [-0.3, -0.25) is 13.9 Å². The third kappa shape index (κ3) is 3.20. The zero-order valence-electron chi connectivity index (χ0n) is 14.8. The number of hydrogen-bond donors (Lipinski definition) is 0. The van der Waals surface area contributed by atoms with Crippen LogP contribution in [0.25, 0.3) is 11.2 Å². The molecule has 0 aliphatic carbocycles. The van der Waals surface area contributed by atoms with Crippen LogP contribution in [0.2, 0.25) is 0 Å². The predicted molar refractivity (Wildman–Crippen MR) is 98.8 cm³/mol. The average Bonchev–Trinajstić information content (AvgIpc) is 2.86. The maximum atomic E-state index is 12.6. The van der Waals surface area contributed by atoms with E-state index >= 15 is 0 Å². The molecular formula is C19H22N4O2. The van der Waals surface area contributed by atoms with Gasteiger partial charge in [-0.2, -0.15) is 0 Å². The number of amides is 1. The first-order valence-corrected chi connectivity index (χ1v) is 8.38. The minimum absolute atomic E-state index is 0.0385. The molecule has 6 heteroatoms. The van der Waals surface area contributed by atoms with Crippen LogP contribution in [0.5, 0.6) is 0 Å². The quantitative estimate of drug-likeness (QED) is 0.718. The maximum absolute atomic E-state index is 12.6. The molecule has 0 saturated heterocycles. The van der Waals surface area contributed by atoms with E-state index in [1.807, 2.05) is 43.3 Å². The molecule has 3 rings (SSSR count). The maximum Gasteiger partial charge on any atom is 0.330 e. The van der Waals surface area contributed by atoms with Crippen LogP contribution in [0, 0.1) is 0 Å². The summed E-state index contributed by atoms with van der Waals surface area (Å²) in [5.41, 5.74) is 2.95. The van der Waals surface area contributed by atoms with Gasteiger partial charge in [0, 0.05) is 20.5 Å².